The topological polar surface area (TPSA) is 18.5 Å². The molecule has 0 saturated carbocycles. The zero-order valence-electron chi connectivity index (χ0n) is 32.4. The number of unbranched alkanes of at least 4 members (excludes halogenated alkanes) is 31. The van der Waals surface area contributed by atoms with Crippen molar-refractivity contribution in [1.82, 2.24) is 0 Å². The first-order valence-corrected chi connectivity index (χ1v) is 24.0. The van der Waals surface area contributed by atoms with Crippen LogP contribution < -0.4 is 0 Å². The van der Waals surface area contributed by atoms with Crippen molar-refractivity contribution in [2.24, 2.45) is 0 Å². The molecule has 0 saturated heterocycles. The van der Waals surface area contributed by atoms with Crippen molar-refractivity contribution in [2.75, 3.05) is 19.8 Å². The standard InChI is InChI=1S/C43H88O2Se/c1-4-7-10-12-14-16-18-20-22-24-26-28-30-32-34-36-38-44-41-43(42-46-40-9-6-3)45-39-37-35-33-31-29-27-25-23-21-19-17-15-13-11-8-5-2/h43H,4-42H2,1-3H3. The van der Waals surface area contributed by atoms with Gasteiger partial charge in [0.2, 0.25) is 0 Å². The van der Waals surface area contributed by atoms with E-state index in [1.54, 1.807) is 0 Å². The Bertz CT molecular complexity index is 513. The second-order valence-electron chi connectivity index (χ2n) is 14.6. The van der Waals surface area contributed by atoms with Crippen LogP contribution in [0.15, 0.2) is 0 Å². The zero-order chi connectivity index (χ0) is 33.3. The molecule has 0 aliphatic heterocycles. The molecular weight excluding hydrogens is 627 g/mol. The van der Waals surface area contributed by atoms with Crippen LogP contribution in [-0.4, -0.2) is 40.9 Å². The summed E-state index contributed by atoms with van der Waals surface area (Å²) < 4.78 is 12.5. The summed E-state index contributed by atoms with van der Waals surface area (Å²) in [5.74, 6) is 0. The third-order valence-electron chi connectivity index (χ3n) is 9.74. The predicted molar refractivity (Wildman–Crippen MR) is 210 cm³/mol. The Kier molecular flexibility index (Phi) is 43.9. The summed E-state index contributed by atoms with van der Waals surface area (Å²) >= 11 is 0.715. The predicted octanol–water partition coefficient (Wildman–Crippen LogP) is 15.3. The summed E-state index contributed by atoms with van der Waals surface area (Å²) in [6, 6.07) is 0. The fourth-order valence-electron chi connectivity index (χ4n) is 6.47. The summed E-state index contributed by atoms with van der Waals surface area (Å²) in [5, 5.41) is 2.65. The van der Waals surface area contributed by atoms with Gasteiger partial charge in [-0.15, -0.1) is 0 Å². The van der Waals surface area contributed by atoms with Crippen LogP contribution in [0.25, 0.3) is 0 Å². The van der Waals surface area contributed by atoms with Crippen molar-refractivity contribution in [1.29, 1.82) is 0 Å². The minimum absolute atomic E-state index is 0.342. The van der Waals surface area contributed by atoms with E-state index in [2.05, 4.69) is 20.8 Å². The quantitative estimate of drug-likeness (QED) is 0.0463. The molecule has 0 aromatic rings. The molecule has 0 heterocycles. The second-order valence-corrected chi connectivity index (χ2v) is 17.0. The van der Waals surface area contributed by atoms with Gasteiger partial charge in [-0.25, -0.2) is 0 Å². The summed E-state index contributed by atoms with van der Waals surface area (Å²) in [6.45, 7) is 9.61. The first-order valence-electron chi connectivity index (χ1n) is 21.6. The average molecular weight is 716 g/mol. The van der Waals surface area contributed by atoms with Crippen LogP contribution in [0.2, 0.25) is 10.6 Å². The Labute approximate surface area is 299 Å². The summed E-state index contributed by atoms with van der Waals surface area (Å²) in [5.41, 5.74) is 0. The molecule has 0 radical (unpaired) electrons. The molecule has 1 unspecified atom stereocenters. The normalized spacial score (nSPS) is 12.3. The van der Waals surface area contributed by atoms with Crippen molar-refractivity contribution >= 4 is 15.0 Å². The van der Waals surface area contributed by atoms with E-state index in [1.807, 2.05) is 0 Å². The maximum absolute atomic E-state index is 6.37. The van der Waals surface area contributed by atoms with Gasteiger partial charge in [-0.3, -0.25) is 0 Å². The van der Waals surface area contributed by atoms with Crippen LogP contribution in [-0.2, 0) is 9.47 Å². The van der Waals surface area contributed by atoms with Gasteiger partial charge in [0.05, 0.1) is 0 Å². The molecule has 2 nitrogen and oxygen atoms in total. The van der Waals surface area contributed by atoms with E-state index in [-0.39, 0.29) is 0 Å². The van der Waals surface area contributed by atoms with Crippen molar-refractivity contribution in [3.05, 3.63) is 0 Å². The van der Waals surface area contributed by atoms with E-state index in [4.69, 9.17) is 9.47 Å². The van der Waals surface area contributed by atoms with Crippen LogP contribution in [0.1, 0.15) is 239 Å². The van der Waals surface area contributed by atoms with Crippen molar-refractivity contribution in [3.8, 4) is 0 Å². The molecular formula is C43H88O2Se. The number of rotatable bonds is 42. The Hall–Kier alpha value is 0.439. The summed E-state index contributed by atoms with van der Waals surface area (Å²) in [4.78, 5) is 0. The molecule has 0 aromatic heterocycles. The van der Waals surface area contributed by atoms with Crippen LogP contribution in [0, 0.1) is 0 Å². The van der Waals surface area contributed by atoms with Gasteiger partial charge in [0.25, 0.3) is 0 Å². The fourth-order valence-corrected chi connectivity index (χ4v) is 8.81. The van der Waals surface area contributed by atoms with Gasteiger partial charge in [-0.1, -0.05) is 123 Å². The first-order chi connectivity index (χ1) is 22.8. The number of hydrogen-bond donors (Lipinski definition) is 0. The summed E-state index contributed by atoms with van der Waals surface area (Å²) in [7, 11) is 0. The smallest absolute Gasteiger partial charge is 0.0654 e. The van der Waals surface area contributed by atoms with Gasteiger partial charge >= 0.3 is 177 Å². The molecule has 1 atom stereocenters. The monoisotopic (exact) mass is 717 g/mol. The van der Waals surface area contributed by atoms with Gasteiger partial charge < -0.3 is 0 Å². The van der Waals surface area contributed by atoms with Crippen molar-refractivity contribution < 1.29 is 9.47 Å². The van der Waals surface area contributed by atoms with E-state index >= 15 is 0 Å². The van der Waals surface area contributed by atoms with Gasteiger partial charge in [0, 0.05) is 0 Å². The number of ether oxygens (including phenoxy) is 2. The Morgan fingerprint density at radius 1 is 0.348 bits per heavy atom. The van der Waals surface area contributed by atoms with E-state index < -0.39 is 0 Å². The Morgan fingerprint density at radius 3 is 1.00 bits per heavy atom. The molecule has 0 aromatic carbocycles. The van der Waals surface area contributed by atoms with Crippen LogP contribution >= 0.6 is 0 Å². The molecule has 0 rings (SSSR count). The minimum Gasteiger partial charge on any atom is -0.0654 e. The van der Waals surface area contributed by atoms with Crippen molar-refractivity contribution in [2.45, 2.75) is 256 Å². The Morgan fingerprint density at radius 2 is 0.652 bits per heavy atom. The van der Waals surface area contributed by atoms with Crippen LogP contribution in [0.3, 0.4) is 0 Å². The van der Waals surface area contributed by atoms with Gasteiger partial charge in [0.1, 0.15) is 0 Å². The van der Waals surface area contributed by atoms with E-state index in [0.717, 1.165) is 19.8 Å². The van der Waals surface area contributed by atoms with Crippen molar-refractivity contribution in [3.63, 3.8) is 0 Å². The van der Waals surface area contributed by atoms with E-state index in [0.29, 0.717) is 21.1 Å². The molecule has 0 spiro atoms. The maximum atomic E-state index is 6.37. The molecule has 0 aliphatic rings. The molecule has 0 amide bonds. The fraction of sp³-hybridized carbons (Fsp3) is 1.00. The van der Waals surface area contributed by atoms with E-state index in [9.17, 15) is 0 Å². The van der Waals surface area contributed by atoms with Crippen LogP contribution in [0.4, 0.5) is 0 Å². The third kappa shape index (κ3) is 40.6. The molecule has 3 heteroatoms. The molecule has 0 bridgehead atoms. The van der Waals surface area contributed by atoms with E-state index in [1.165, 1.54) is 229 Å². The van der Waals surface area contributed by atoms with Gasteiger partial charge in [0.15, 0.2) is 0 Å². The second kappa shape index (κ2) is 43.5. The Balaban J connectivity index is 3.58. The zero-order valence-corrected chi connectivity index (χ0v) is 34.1. The van der Waals surface area contributed by atoms with Gasteiger partial charge in [-0.2, -0.15) is 0 Å². The average Bonchev–Trinajstić information content (AvgIpc) is 3.07. The molecule has 278 valence electrons. The molecule has 46 heavy (non-hydrogen) atoms. The molecule has 0 fully saturated rings. The minimum atomic E-state index is 0.342. The third-order valence-corrected chi connectivity index (χ3v) is 12.2. The van der Waals surface area contributed by atoms with Crippen LogP contribution in [0.5, 0.6) is 0 Å². The molecule has 0 N–H and O–H groups in total. The first kappa shape index (κ1) is 46.4. The van der Waals surface area contributed by atoms with Gasteiger partial charge in [-0.05, 0) is 0 Å². The number of hydrogen-bond acceptors (Lipinski definition) is 2. The summed E-state index contributed by atoms with van der Waals surface area (Å²) in [6.07, 6.45) is 48.6. The molecule has 0 aliphatic carbocycles. The SMILES string of the molecule is CCCCCCCCCCCCCCCCCCOCC(C[Se]CCCC)OCCCCCCCCCCCCCCCCCC.